The Kier molecular flexibility index (Phi) is 5.73. The van der Waals surface area contributed by atoms with Crippen LogP contribution in [0.25, 0.3) is 11.3 Å². The maximum Gasteiger partial charge on any atom is 0.259 e. The van der Waals surface area contributed by atoms with E-state index in [1.54, 1.807) is 31.3 Å². The summed E-state index contributed by atoms with van der Waals surface area (Å²) in [6, 6.07) is 10.2. The topological polar surface area (TPSA) is 56.1 Å². The summed E-state index contributed by atoms with van der Waals surface area (Å²) in [7, 11) is 1.63. The monoisotopic (exact) mass is 385 g/mol. The molecule has 1 atom stereocenters. The minimum atomic E-state index is -0.778. The summed E-state index contributed by atoms with van der Waals surface area (Å²) in [5.74, 6) is -1.20. The lowest BCUT2D eigenvalue weighted by Gasteiger charge is -2.13. The molecule has 5 nitrogen and oxygen atoms in total. The smallest absolute Gasteiger partial charge is 0.259 e. The van der Waals surface area contributed by atoms with Crippen LogP contribution in [0.4, 0.5) is 14.5 Å². The van der Waals surface area contributed by atoms with Gasteiger partial charge in [0.15, 0.2) is 0 Å². The Morgan fingerprint density at radius 1 is 1.21 bits per heavy atom. The summed E-state index contributed by atoms with van der Waals surface area (Å²) in [5.41, 5.74) is 0.961. The minimum absolute atomic E-state index is 0.0597. The van der Waals surface area contributed by atoms with E-state index in [1.165, 1.54) is 16.9 Å². The van der Waals surface area contributed by atoms with Crippen molar-refractivity contribution in [2.24, 2.45) is 7.05 Å². The Hall–Kier alpha value is -3.22. The predicted molar refractivity (Wildman–Crippen MR) is 103 cm³/mol. The highest BCUT2D eigenvalue weighted by atomic mass is 19.1. The molecule has 0 fully saturated rings. The van der Waals surface area contributed by atoms with Crippen LogP contribution in [0.15, 0.2) is 48.7 Å². The van der Waals surface area contributed by atoms with Crippen LogP contribution >= 0.6 is 0 Å². The Bertz CT molecular complexity index is 984. The van der Waals surface area contributed by atoms with E-state index in [4.69, 9.17) is 4.74 Å². The molecule has 2 aromatic carbocycles. The van der Waals surface area contributed by atoms with Crippen LogP contribution in [0.2, 0.25) is 0 Å². The number of rotatable bonds is 6. The molecule has 0 saturated heterocycles. The fraction of sp³-hybridized carbons (Fsp3) is 0.238. The first-order valence-corrected chi connectivity index (χ1v) is 8.94. The van der Waals surface area contributed by atoms with Crippen LogP contribution in [-0.4, -0.2) is 21.8 Å². The van der Waals surface area contributed by atoms with Crippen LogP contribution in [0.3, 0.4) is 0 Å². The number of aromatic nitrogens is 2. The fourth-order valence-electron chi connectivity index (χ4n) is 2.67. The van der Waals surface area contributed by atoms with Gasteiger partial charge in [0, 0.05) is 30.6 Å². The van der Waals surface area contributed by atoms with Gasteiger partial charge in [0.2, 0.25) is 0 Å². The number of amides is 1. The average Bonchev–Trinajstić information content (AvgIpc) is 3.04. The van der Waals surface area contributed by atoms with Crippen molar-refractivity contribution in [3.8, 4) is 17.0 Å². The highest BCUT2D eigenvalue weighted by Crippen LogP contribution is 2.26. The molecule has 7 heteroatoms. The molecular weight excluding hydrogens is 364 g/mol. The third-order valence-corrected chi connectivity index (χ3v) is 4.28. The van der Waals surface area contributed by atoms with E-state index < -0.39 is 17.5 Å². The van der Waals surface area contributed by atoms with Gasteiger partial charge >= 0.3 is 0 Å². The van der Waals surface area contributed by atoms with Crippen LogP contribution < -0.4 is 10.1 Å². The molecule has 0 saturated carbocycles. The Morgan fingerprint density at radius 2 is 1.93 bits per heavy atom. The summed E-state index contributed by atoms with van der Waals surface area (Å²) in [6.45, 7) is 4.02. The van der Waals surface area contributed by atoms with Crippen molar-refractivity contribution in [3.05, 3.63) is 65.9 Å². The second-order valence-electron chi connectivity index (χ2n) is 6.50. The molecule has 0 aliphatic heterocycles. The van der Waals surface area contributed by atoms with Gasteiger partial charge in [-0.15, -0.1) is 0 Å². The lowest BCUT2D eigenvalue weighted by molar-refractivity contribution is 0.102. The first-order chi connectivity index (χ1) is 13.4. The normalized spacial score (nSPS) is 11.9. The van der Waals surface area contributed by atoms with Crippen molar-refractivity contribution in [3.63, 3.8) is 0 Å². The van der Waals surface area contributed by atoms with E-state index in [2.05, 4.69) is 10.4 Å². The van der Waals surface area contributed by atoms with Crippen molar-refractivity contribution < 1.29 is 18.3 Å². The fourth-order valence-corrected chi connectivity index (χ4v) is 2.67. The lowest BCUT2D eigenvalue weighted by atomic mass is 10.1. The van der Waals surface area contributed by atoms with Crippen LogP contribution in [-0.2, 0) is 7.05 Å². The highest BCUT2D eigenvalue weighted by molar-refractivity contribution is 6.08. The van der Waals surface area contributed by atoms with Gasteiger partial charge in [0.1, 0.15) is 23.1 Å². The Balaban J connectivity index is 1.82. The van der Waals surface area contributed by atoms with E-state index in [-0.39, 0.29) is 22.9 Å². The largest absolute Gasteiger partial charge is 0.491 e. The number of hydrogen-bond acceptors (Lipinski definition) is 3. The maximum atomic E-state index is 14.2. The molecule has 0 aliphatic carbocycles. The second-order valence-corrected chi connectivity index (χ2v) is 6.50. The quantitative estimate of drug-likeness (QED) is 0.663. The second kappa shape index (κ2) is 8.21. The van der Waals surface area contributed by atoms with Gasteiger partial charge in [-0.2, -0.15) is 5.10 Å². The number of anilines is 1. The number of benzene rings is 2. The molecule has 0 bridgehead atoms. The summed E-state index contributed by atoms with van der Waals surface area (Å²) in [4.78, 5) is 12.7. The third kappa shape index (κ3) is 4.36. The van der Waals surface area contributed by atoms with Crippen molar-refractivity contribution in [2.45, 2.75) is 26.4 Å². The van der Waals surface area contributed by atoms with E-state index in [9.17, 15) is 13.6 Å². The van der Waals surface area contributed by atoms with E-state index in [0.29, 0.717) is 11.4 Å². The molecule has 1 N–H and O–H groups in total. The predicted octanol–water partition coefficient (Wildman–Crippen LogP) is 4.79. The van der Waals surface area contributed by atoms with Crippen LogP contribution in [0, 0.1) is 11.6 Å². The van der Waals surface area contributed by atoms with E-state index >= 15 is 0 Å². The first kappa shape index (κ1) is 19.5. The molecule has 28 heavy (non-hydrogen) atoms. The van der Waals surface area contributed by atoms with E-state index in [1.807, 2.05) is 13.8 Å². The van der Waals surface area contributed by atoms with Crippen molar-refractivity contribution >= 4 is 11.6 Å². The zero-order valence-electron chi connectivity index (χ0n) is 15.9. The number of halogens is 2. The molecule has 0 radical (unpaired) electrons. The standard InChI is InChI=1S/C21H21F2N3O2/c1-4-13(2)28-16-8-6-15(7-9-16)24-21(27)18-12-26(3)25-20(18)17-10-5-14(22)11-19(17)23/h5-13H,4H2,1-3H3,(H,24,27). The summed E-state index contributed by atoms with van der Waals surface area (Å²) >= 11 is 0. The van der Waals surface area contributed by atoms with Crippen molar-refractivity contribution in [1.82, 2.24) is 9.78 Å². The molecule has 3 rings (SSSR count). The SMILES string of the molecule is CCC(C)Oc1ccc(NC(=O)c2cn(C)nc2-c2ccc(F)cc2F)cc1. The molecule has 1 heterocycles. The Labute approximate surface area is 161 Å². The van der Waals surface area contributed by atoms with Gasteiger partial charge in [-0.3, -0.25) is 9.48 Å². The molecule has 3 aromatic rings. The zero-order valence-corrected chi connectivity index (χ0v) is 15.9. The summed E-state index contributed by atoms with van der Waals surface area (Å²) < 4.78 is 34.5. The molecule has 1 amide bonds. The number of nitrogens with zero attached hydrogens (tertiary/aromatic N) is 2. The summed E-state index contributed by atoms with van der Waals surface area (Å²) in [6.07, 6.45) is 2.49. The number of hydrogen-bond donors (Lipinski definition) is 1. The molecular formula is C21H21F2N3O2. The van der Waals surface area contributed by atoms with E-state index in [0.717, 1.165) is 18.6 Å². The number of ether oxygens (including phenoxy) is 1. The molecule has 1 aromatic heterocycles. The van der Waals surface area contributed by atoms with Gasteiger partial charge in [-0.05, 0) is 49.7 Å². The summed E-state index contributed by atoms with van der Waals surface area (Å²) in [5, 5.41) is 6.93. The van der Waals surface area contributed by atoms with Gasteiger partial charge in [-0.25, -0.2) is 8.78 Å². The van der Waals surface area contributed by atoms with Gasteiger partial charge in [0.05, 0.1) is 11.7 Å². The lowest BCUT2D eigenvalue weighted by Crippen LogP contribution is -2.13. The molecule has 0 spiro atoms. The third-order valence-electron chi connectivity index (χ3n) is 4.28. The van der Waals surface area contributed by atoms with Gasteiger partial charge in [0.25, 0.3) is 5.91 Å². The Morgan fingerprint density at radius 3 is 2.57 bits per heavy atom. The van der Waals surface area contributed by atoms with Crippen molar-refractivity contribution in [2.75, 3.05) is 5.32 Å². The first-order valence-electron chi connectivity index (χ1n) is 8.94. The molecule has 146 valence electrons. The maximum absolute atomic E-state index is 14.2. The number of carbonyl (C=O) groups is 1. The zero-order chi connectivity index (χ0) is 20.3. The molecule has 1 unspecified atom stereocenters. The van der Waals surface area contributed by atoms with Gasteiger partial charge in [-0.1, -0.05) is 6.92 Å². The average molecular weight is 385 g/mol. The minimum Gasteiger partial charge on any atom is -0.491 e. The van der Waals surface area contributed by atoms with Crippen LogP contribution in [0.5, 0.6) is 5.75 Å². The number of nitrogens with one attached hydrogen (secondary N) is 1. The van der Waals surface area contributed by atoms with Gasteiger partial charge < -0.3 is 10.1 Å². The number of carbonyl (C=O) groups excluding carboxylic acids is 1. The van der Waals surface area contributed by atoms with Crippen molar-refractivity contribution in [1.29, 1.82) is 0 Å². The molecule has 0 aliphatic rings. The van der Waals surface area contributed by atoms with Crippen LogP contribution in [0.1, 0.15) is 30.6 Å². The highest BCUT2D eigenvalue weighted by Gasteiger charge is 2.20. The number of aryl methyl sites for hydroxylation is 1.